The molecule has 3 N–H and O–H groups in total. The number of hydrogen-bond donors (Lipinski definition) is 3. The van der Waals surface area contributed by atoms with Crippen LogP contribution in [0.25, 0.3) is 0 Å². The molecule has 0 radical (unpaired) electrons. The van der Waals surface area contributed by atoms with E-state index in [9.17, 15) is 35.9 Å². The number of alkyl halides is 6. The second kappa shape index (κ2) is 9.77. The molecule has 0 unspecified atom stereocenters. The molecule has 0 aliphatic carbocycles. The van der Waals surface area contributed by atoms with Gasteiger partial charge in [-0.1, -0.05) is 0 Å². The summed E-state index contributed by atoms with van der Waals surface area (Å²) in [7, 11) is 0. The standard InChI is InChI=1S/C21H15F6N3O4/c22-20(23,24)16-9-14(30-19(32)12-7-8-33-11-12)3-6-17(16)28-10-18(31)29-13-1-4-15(5-2-13)34-21(25,26)27/h1-9,11,28H,10H2,(H,29,31)(H,30,32). The number of hydrogen-bond acceptors (Lipinski definition) is 5. The maximum Gasteiger partial charge on any atom is 0.573 e. The van der Waals surface area contributed by atoms with Crippen LogP contribution < -0.4 is 20.7 Å². The number of carbonyl (C=O) groups is 2. The van der Waals surface area contributed by atoms with Gasteiger partial charge < -0.3 is 25.1 Å². The molecular weight excluding hydrogens is 472 g/mol. The SMILES string of the molecule is O=C(CNc1ccc(NC(=O)c2ccoc2)cc1C(F)(F)F)Nc1ccc(OC(F)(F)F)cc1. The molecule has 2 amide bonds. The first-order valence-electron chi connectivity index (χ1n) is 9.35. The Morgan fingerprint density at radius 3 is 2.15 bits per heavy atom. The maximum absolute atomic E-state index is 13.5. The fourth-order valence-electron chi connectivity index (χ4n) is 2.73. The van der Waals surface area contributed by atoms with Gasteiger partial charge in [0.25, 0.3) is 5.91 Å². The lowest BCUT2D eigenvalue weighted by atomic mass is 10.1. The summed E-state index contributed by atoms with van der Waals surface area (Å²) < 4.78 is 85.5. The van der Waals surface area contributed by atoms with Gasteiger partial charge in [-0.2, -0.15) is 13.2 Å². The van der Waals surface area contributed by atoms with Gasteiger partial charge in [-0.3, -0.25) is 9.59 Å². The van der Waals surface area contributed by atoms with Crippen LogP contribution in [0, 0.1) is 0 Å². The second-order valence-electron chi connectivity index (χ2n) is 6.70. The molecule has 180 valence electrons. The molecular formula is C21H15F6N3O4. The van der Waals surface area contributed by atoms with Crippen LogP contribution in [-0.4, -0.2) is 24.7 Å². The van der Waals surface area contributed by atoms with Gasteiger partial charge in [-0.25, -0.2) is 0 Å². The highest BCUT2D eigenvalue weighted by Gasteiger charge is 2.34. The van der Waals surface area contributed by atoms with Crippen LogP contribution in [0.2, 0.25) is 0 Å². The van der Waals surface area contributed by atoms with Gasteiger partial charge in [0.05, 0.1) is 23.9 Å². The molecule has 1 aromatic heterocycles. The van der Waals surface area contributed by atoms with Crippen LogP contribution in [0.1, 0.15) is 15.9 Å². The van der Waals surface area contributed by atoms with Gasteiger partial charge in [0.2, 0.25) is 5.91 Å². The zero-order chi connectivity index (χ0) is 24.9. The zero-order valence-electron chi connectivity index (χ0n) is 16.9. The van der Waals surface area contributed by atoms with Gasteiger partial charge in [0, 0.05) is 17.1 Å². The van der Waals surface area contributed by atoms with Crippen molar-refractivity contribution in [1.82, 2.24) is 0 Å². The van der Waals surface area contributed by atoms with Crippen LogP contribution in [0.4, 0.5) is 43.4 Å². The molecule has 13 heteroatoms. The molecule has 7 nitrogen and oxygen atoms in total. The number of amides is 2. The third-order valence-electron chi connectivity index (χ3n) is 4.18. The van der Waals surface area contributed by atoms with Gasteiger partial charge in [0.15, 0.2) is 0 Å². The zero-order valence-corrected chi connectivity index (χ0v) is 16.9. The average molecular weight is 487 g/mol. The Kier molecular flexibility index (Phi) is 7.03. The number of carbonyl (C=O) groups excluding carboxylic acids is 2. The number of halogens is 6. The predicted molar refractivity (Wildman–Crippen MR) is 108 cm³/mol. The summed E-state index contributed by atoms with van der Waals surface area (Å²) in [5.74, 6) is -1.93. The molecule has 0 aliphatic rings. The lowest BCUT2D eigenvalue weighted by Crippen LogP contribution is -2.23. The third kappa shape index (κ3) is 6.92. The Hall–Kier alpha value is -4.16. The first-order valence-corrected chi connectivity index (χ1v) is 9.35. The minimum Gasteiger partial charge on any atom is -0.472 e. The van der Waals surface area contributed by atoms with E-state index in [2.05, 4.69) is 20.7 Å². The van der Waals surface area contributed by atoms with Gasteiger partial charge >= 0.3 is 12.5 Å². The second-order valence-corrected chi connectivity index (χ2v) is 6.70. The van der Waals surface area contributed by atoms with E-state index in [1.54, 1.807) is 0 Å². The molecule has 1 heterocycles. The number of rotatable bonds is 7. The Bertz CT molecular complexity index is 1140. The minimum absolute atomic E-state index is 0.106. The lowest BCUT2D eigenvalue weighted by Gasteiger charge is -2.16. The van der Waals surface area contributed by atoms with Crippen LogP contribution in [0.5, 0.6) is 5.75 Å². The fraction of sp³-hybridized carbons (Fsp3) is 0.143. The highest BCUT2D eigenvalue weighted by molar-refractivity contribution is 6.04. The van der Waals surface area contributed by atoms with Crippen LogP contribution in [0.3, 0.4) is 0 Å². The average Bonchev–Trinajstić information content (AvgIpc) is 3.27. The Morgan fingerprint density at radius 2 is 1.56 bits per heavy atom. The first kappa shape index (κ1) is 24.5. The molecule has 2 aromatic carbocycles. The molecule has 0 atom stereocenters. The molecule has 0 aliphatic heterocycles. The summed E-state index contributed by atoms with van der Waals surface area (Å²) in [5.41, 5.74) is -1.45. The summed E-state index contributed by atoms with van der Waals surface area (Å²) in [5, 5.41) is 7.00. The van der Waals surface area contributed by atoms with Crippen LogP contribution >= 0.6 is 0 Å². The van der Waals surface area contributed by atoms with Crippen molar-refractivity contribution in [3.8, 4) is 5.75 Å². The van der Waals surface area contributed by atoms with E-state index in [1.165, 1.54) is 18.4 Å². The molecule has 0 fully saturated rings. The van der Waals surface area contributed by atoms with Crippen molar-refractivity contribution in [2.45, 2.75) is 12.5 Å². The van der Waals surface area contributed by atoms with E-state index in [4.69, 9.17) is 4.42 Å². The minimum atomic E-state index is -4.87. The van der Waals surface area contributed by atoms with E-state index >= 15 is 0 Å². The molecule has 34 heavy (non-hydrogen) atoms. The van der Waals surface area contributed by atoms with Crippen LogP contribution in [-0.2, 0) is 11.0 Å². The predicted octanol–water partition coefficient (Wildman–Crippen LogP) is 5.50. The van der Waals surface area contributed by atoms with Crippen molar-refractivity contribution in [1.29, 1.82) is 0 Å². The first-order chi connectivity index (χ1) is 15.9. The van der Waals surface area contributed by atoms with Gasteiger partial charge in [0.1, 0.15) is 12.0 Å². The Labute approximate surface area is 187 Å². The lowest BCUT2D eigenvalue weighted by molar-refractivity contribution is -0.274. The molecule has 0 saturated heterocycles. The molecule has 3 aromatic rings. The van der Waals surface area contributed by atoms with E-state index in [0.717, 1.165) is 36.6 Å². The smallest absolute Gasteiger partial charge is 0.472 e. The number of anilines is 3. The largest absolute Gasteiger partial charge is 0.573 e. The van der Waals surface area contributed by atoms with Crippen molar-refractivity contribution in [2.75, 3.05) is 22.5 Å². The van der Waals surface area contributed by atoms with Crippen molar-refractivity contribution in [3.05, 3.63) is 72.2 Å². The highest BCUT2D eigenvalue weighted by atomic mass is 19.4. The highest BCUT2D eigenvalue weighted by Crippen LogP contribution is 2.36. The molecule has 0 saturated carbocycles. The van der Waals surface area contributed by atoms with Gasteiger partial charge in [-0.15, -0.1) is 13.2 Å². The number of benzene rings is 2. The number of furan rings is 1. The maximum atomic E-state index is 13.5. The fourth-order valence-corrected chi connectivity index (χ4v) is 2.73. The molecule has 0 spiro atoms. The topological polar surface area (TPSA) is 92.6 Å². The Morgan fingerprint density at radius 1 is 0.882 bits per heavy atom. The van der Waals surface area contributed by atoms with Crippen molar-refractivity contribution >= 4 is 28.9 Å². The van der Waals surface area contributed by atoms with E-state index in [-0.39, 0.29) is 16.9 Å². The molecule has 3 rings (SSSR count). The quantitative estimate of drug-likeness (QED) is 0.383. The van der Waals surface area contributed by atoms with E-state index in [0.29, 0.717) is 6.07 Å². The molecule has 0 bridgehead atoms. The van der Waals surface area contributed by atoms with E-state index in [1.807, 2.05) is 0 Å². The number of ether oxygens (including phenoxy) is 1. The van der Waals surface area contributed by atoms with Crippen molar-refractivity contribution in [2.24, 2.45) is 0 Å². The summed E-state index contributed by atoms with van der Waals surface area (Å²) in [6.07, 6.45) is -7.31. The monoisotopic (exact) mass is 487 g/mol. The normalized spacial score (nSPS) is 11.6. The van der Waals surface area contributed by atoms with Crippen LogP contribution in [0.15, 0.2) is 65.5 Å². The summed E-state index contributed by atoms with van der Waals surface area (Å²) in [6, 6.07) is 8.51. The Balaban J connectivity index is 1.64. The van der Waals surface area contributed by atoms with Gasteiger partial charge in [-0.05, 0) is 48.5 Å². The van der Waals surface area contributed by atoms with E-state index < -0.39 is 47.9 Å². The summed E-state index contributed by atoms with van der Waals surface area (Å²) in [6.45, 7) is -0.579. The number of nitrogens with one attached hydrogen (secondary N) is 3. The third-order valence-corrected chi connectivity index (χ3v) is 4.18. The van der Waals surface area contributed by atoms with Crippen molar-refractivity contribution in [3.63, 3.8) is 0 Å². The summed E-state index contributed by atoms with van der Waals surface area (Å²) >= 11 is 0. The summed E-state index contributed by atoms with van der Waals surface area (Å²) in [4.78, 5) is 24.1. The van der Waals surface area contributed by atoms with Crippen molar-refractivity contribution < 1.29 is 45.1 Å².